The third-order valence-corrected chi connectivity index (χ3v) is 5.24. The van der Waals surface area contributed by atoms with Gasteiger partial charge in [-0.15, -0.1) is 5.10 Å². The van der Waals surface area contributed by atoms with Crippen LogP contribution in [0.2, 0.25) is 0 Å². The summed E-state index contributed by atoms with van der Waals surface area (Å²) < 4.78 is 30.0. The van der Waals surface area contributed by atoms with Crippen molar-refractivity contribution in [3.8, 4) is 29.2 Å². The van der Waals surface area contributed by atoms with Crippen LogP contribution in [0.3, 0.4) is 0 Å². The number of nitrogens with two attached hydrogens (primary N) is 1. The highest BCUT2D eigenvalue weighted by molar-refractivity contribution is 7.89. The summed E-state index contributed by atoms with van der Waals surface area (Å²) >= 11 is 0. The van der Waals surface area contributed by atoms with Gasteiger partial charge in [0.2, 0.25) is 15.9 Å². The van der Waals surface area contributed by atoms with Gasteiger partial charge in [-0.25, -0.2) is 23.2 Å². The summed E-state index contributed by atoms with van der Waals surface area (Å²) in [5.41, 5.74) is 2.51. The molecule has 0 aliphatic carbocycles. The molecule has 4 aromatic rings. The number of aromatic nitrogens is 6. The van der Waals surface area contributed by atoms with Crippen molar-refractivity contribution >= 4 is 10.0 Å². The highest BCUT2D eigenvalue weighted by Crippen LogP contribution is 2.21. The number of hydrogen-bond donors (Lipinski definition) is 1. The van der Waals surface area contributed by atoms with Gasteiger partial charge in [0.25, 0.3) is 0 Å². The van der Waals surface area contributed by atoms with Crippen molar-refractivity contribution in [1.29, 1.82) is 5.26 Å². The van der Waals surface area contributed by atoms with E-state index in [1.54, 1.807) is 49.6 Å². The Morgan fingerprint density at radius 1 is 1.19 bits per heavy atom. The van der Waals surface area contributed by atoms with Crippen LogP contribution in [0.15, 0.2) is 59.8 Å². The molecule has 4 rings (SSSR count). The van der Waals surface area contributed by atoms with Crippen LogP contribution in [0.5, 0.6) is 5.88 Å². The van der Waals surface area contributed by atoms with Gasteiger partial charge in [-0.1, -0.05) is 5.21 Å². The largest absolute Gasteiger partial charge is 0.471 e. The quantitative estimate of drug-likeness (QED) is 0.461. The van der Waals surface area contributed by atoms with Crippen LogP contribution in [0, 0.1) is 18.3 Å². The summed E-state index contributed by atoms with van der Waals surface area (Å²) in [6.45, 7) is 1.87. The van der Waals surface area contributed by atoms with Crippen molar-refractivity contribution in [2.24, 2.45) is 5.14 Å². The van der Waals surface area contributed by atoms with Crippen molar-refractivity contribution in [3.63, 3.8) is 0 Å². The van der Waals surface area contributed by atoms with E-state index in [1.165, 1.54) is 16.8 Å². The van der Waals surface area contributed by atoms with E-state index in [1.807, 2.05) is 0 Å². The monoisotopic (exact) mass is 448 g/mol. The van der Waals surface area contributed by atoms with Crippen LogP contribution < -0.4 is 9.88 Å². The lowest BCUT2D eigenvalue weighted by Gasteiger charge is -2.07. The number of hydrogen-bond acceptors (Lipinski definition) is 9. The Morgan fingerprint density at radius 3 is 2.69 bits per heavy atom. The first kappa shape index (κ1) is 21.0. The fourth-order valence-electron chi connectivity index (χ4n) is 2.82. The Bertz CT molecular complexity index is 1430. The fraction of sp³-hybridized carbons (Fsp3) is 0.100. The minimum absolute atomic E-state index is 0.00678. The average molecular weight is 448 g/mol. The van der Waals surface area contributed by atoms with Crippen LogP contribution in [-0.2, 0) is 16.6 Å². The van der Waals surface area contributed by atoms with Gasteiger partial charge in [0.15, 0.2) is 5.82 Å². The van der Waals surface area contributed by atoms with Crippen LogP contribution in [-0.4, -0.2) is 38.4 Å². The summed E-state index contributed by atoms with van der Waals surface area (Å²) in [5.74, 6) is 0.588. The maximum absolute atomic E-state index is 11.4. The van der Waals surface area contributed by atoms with E-state index in [0.717, 1.165) is 0 Å². The molecular formula is C20H16N8O3S. The molecule has 0 fully saturated rings. The summed E-state index contributed by atoms with van der Waals surface area (Å²) in [4.78, 5) is 12.9. The number of nitrogens with zero attached hydrogens (tertiary/aromatic N) is 7. The first-order valence-electron chi connectivity index (χ1n) is 9.22. The van der Waals surface area contributed by atoms with Crippen molar-refractivity contribution in [3.05, 3.63) is 71.8 Å². The zero-order chi connectivity index (χ0) is 22.7. The molecule has 12 heteroatoms. The highest BCUT2D eigenvalue weighted by atomic mass is 32.2. The van der Waals surface area contributed by atoms with Gasteiger partial charge in [0.1, 0.15) is 24.1 Å². The Hall–Kier alpha value is -4.21. The Kier molecular flexibility index (Phi) is 5.59. The molecule has 0 bridgehead atoms. The molecule has 0 atom stereocenters. The topological polar surface area (TPSA) is 163 Å². The predicted molar refractivity (Wildman–Crippen MR) is 112 cm³/mol. The molecule has 0 aliphatic heterocycles. The second kappa shape index (κ2) is 8.50. The molecule has 0 amide bonds. The van der Waals surface area contributed by atoms with E-state index in [9.17, 15) is 13.7 Å². The molecule has 0 spiro atoms. The van der Waals surface area contributed by atoms with Crippen LogP contribution in [0.1, 0.15) is 17.0 Å². The zero-order valence-corrected chi connectivity index (χ0v) is 17.6. The molecule has 1 aromatic carbocycles. The smallest absolute Gasteiger partial charge is 0.238 e. The van der Waals surface area contributed by atoms with Gasteiger partial charge in [0.05, 0.1) is 22.3 Å². The Labute approximate surface area is 183 Å². The standard InChI is InChI=1S/C20H16N8O3S/c1-13-9-18(25-20(24-13)19-14(10-21)3-2-8-23-19)31-12-15-11-28(27-26-15)16-4-6-17(7-5-16)32(22,29)30/h2-9,11H,12H2,1H3,(H2,22,29,30). The van der Waals surface area contributed by atoms with Crippen molar-refractivity contribution < 1.29 is 13.2 Å². The summed E-state index contributed by atoms with van der Waals surface area (Å²) in [5, 5.41) is 22.5. The third kappa shape index (κ3) is 4.59. The summed E-state index contributed by atoms with van der Waals surface area (Å²) in [7, 11) is -3.77. The molecule has 11 nitrogen and oxygen atoms in total. The molecule has 0 saturated heterocycles. The van der Waals surface area contributed by atoms with E-state index < -0.39 is 10.0 Å². The molecule has 3 aromatic heterocycles. The number of benzene rings is 1. The number of sulfonamides is 1. The van der Waals surface area contributed by atoms with Gasteiger partial charge in [-0.05, 0) is 43.3 Å². The normalized spacial score (nSPS) is 11.2. The van der Waals surface area contributed by atoms with Gasteiger partial charge in [0, 0.05) is 18.0 Å². The van der Waals surface area contributed by atoms with Gasteiger partial charge >= 0.3 is 0 Å². The Morgan fingerprint density at radius 2 is 1.97 bits per heavy atom. The average Bonchev–Trinajstić information content (AvgIpc) is 3.26. The van der Waals surface area contributed by atoms with Gasteiger partial charge in [-0.2, -0.15) is 10.2 Å². The minimum Gasteiger partial charge on any atom is -0.471 e. The number of primary sulfonamides is 1. The molecule has 0 aliphatic rings. The second-order valence-electron chi connectivity index (χ2n) is 6.66. The Balaban J connectivity index is 1.51. The SMILES string of the molecule is Cc1cc(OCc2cn(-c3ccc(S(N)(=O)=O)cc3)nn2)nc(-c2ncccc2C#N)n1. The first-order valence-corrected chi connectivity index (χ1v) is 10.8. The van der Waals surface area contributed by atoms with Crippen LogP contribution >= 0.6 is 0 Å². The molecular weight excluding hydrogens is 432 g/mol. The van der Waals surface area contributed by atoms with Crippen molar-refractivity contribution in [2.45, 2.75) is 18.4 Å². The first-order chi connectivity index (χ1) is 15.3. The number of ether oxygens (including phenoxy) is 1. The fourth-order valence-corrected chi connectivity index (χ4v) is 3.34. The summed E-state index contributed by atoms with van der Waals surface area (Å²) in [6.07, 6.45) is 3.21. The van der Waals surface area contributed by atoms with Crippen molar-refractivity contribution in [2.75, 3.05) is 0 Å². The van der Waals surface area contributed by atoms with Gasteiger partial charge in [-0.3, -0.25) is 4.98 Å². The van der Waals surface area contributed by atoms with E-state index >= 15 is 0 Å². The number of aryl methyl sites for hydroxylation is 1. The van der Waals surface area contributed by atoms with Crippen molar-refractivity contribution in [1.82, 2.24) is 29.9 Å². The van der Waals surface area contributed by atoms with E-state index in [0.29, 0.717) is 34.2 Å². The molecule has 0 unspecified atom stereocenters. The van der Waals surface area contributed by atoms with E-state index in [-0.39, 0.29) is 17.3 Å². The molecule has 0 saturated carbocycles. The molecule has 0 radical (unpaired) electrons. The maximum atomic E-state index is 11.4. The number of pyridine rings is 1. The van der Waals surface area contributed by atoms with Crippen LogP contribution in [0.25, 0.3) is 17.2 Å². The van der Waals surface area contributed by atoms with E-state index in [2.05, 4.69) is 31.3 Å². The lowest BCUT2D eigenvalue weighted by Crippen LogP contribution is -2.12. The summed E-state index contributed by atoms with van der Waals surface area (Å²) in [6, 6.07) is 13.0. The predicted octanol–water partition coefficient (Wildman–Crippen LogP) is 1.53. The minimum atomic E-state index is -3.77. The lowest BCUT2D eigenvalue weighted by atomic mass is 10.2. The highest BCUT2D eigenvalue weighted by Gasteiger charge is 2.13. The zero-order valence-electron chi connectivity index (χ0n) is 16.7. The molecule has 3 heterocycles. The molecule has 2 N–H and O–H groups in total. The van der Waals surface area contributed by atoms with Gasteiger partial charge < -0.3 is 4.74 Å². The number of nitriles is 1. The molecule has 32 heavy (non-hydrogen) atoms. The molecule has 160 valence electrons. The maximum Gasteiger partial charge on any atom is 0.238 e. The van der Waals surface area contributed by atoms with Crippen LogP contribution in [0.4, 0.5) is 0 Å². The third-order valence-electron chi connectivity index (χ3n) is 4.31. The van der Waals surface area contributed by atoms with E-state index in [4.69, 9.17) is 9.88 Å². The number of rotatable bonds is 6. The lowest BCUT2D eigenvalue weighted by molar-refractivity contribution is 0.288. The second-order valence-corrected chi connectivity index (χ2v) is 8.23.